The number of benzene rings is 1. The molecule has 1 amide bonds. The summed E-state index contributed by atoms with van der Waals surface area (Å²) in [4.78, 5) is 25.8. The Morgan fingerprint density at radius 1 is 1.21 bits per heavy atom. The Bertz CT molecular complexity index is 1190. The van der Waals surface area contributed by atoms with E-state index in [1.807, 2.05) is 0 Å². The molecule has 0 unspecified atom stereocenters. The van der Waals surface area contributed by atoms with Crippen molar-refractivity contribution in [2.45, 2.75) is 19.8 Å². The van der Waals surface area contributed by atoms with Gasteiger partial charge in [0, 0.05) is 36.6 Å². The summed E-state index contributed by atoms with van der Waals surface area (Å²) in [6.45, 7) is 6.30. The van der Waals surface area contributed by atoms with Crippen LogP contribution >= 0.6 is 0 Å². The van der Waals surface area contributed by atoms with Crippen molar-refractivity contribution in [3.05, 3.63) is 67.1 Å². The van der Waals surface area contributed by atoms with Crippen molar-refractivity contribution in [2.75, 3.05) is 29.7 Å². The van der Waals surface area contributed by atoms with Gasteiger partial charge in [-0.25, -0.2) is 13.8 Å². The molecule has 8 nitrogen and oxygen atoms in total. The second kappa shape index (κ2) is 10.2. The molecule has 0 aliphatic carbocycles. The summed E-state index contributed by atoms with van der Waals surface area (Å²) in [7, 11) is 3.13. The predicted molar refractivity (Wildman–Crippen MR) is 128 cm³/mol. The normalized spacial score (nSPS) is 11.1. The highest BCUT2D eigenvalue weighted by Gasteiger charge is 2.40. The molecule has 0 bridgehead atoms. The molecule has 3 aromatic rings. The van der Waals surface area contributed by atoms with Gasteiger partial charge in [0.15, 0.2) is 0 Å². The van der Waals surface area contributed by atoms with Gasteiger partial charge in [0.2, 0.25) is 11.9 Å². The number of halogens is 2. The van der Waals surface area contributed by atoms with Gasteiger partial charge < -0.3 is 20.3 Å². The quantitative estimate of drug-likeness (QED) is 0.414. The molecule has 178 valence electrons. The summed E-state index contributed by atoms with van der Waals surface area (Å²) in [5.41, 5.74) is 1.24. The molecule has 2 heterocycles. The van der Waals surface area contributed by atoms with Gasteiger partial charge in [0.25, 0.3) is 5.92 Å². The van der Waals surface area contributed by atoms with Crippen molar-refractivity contribution in [3.8, 4) is 5.75 Å². The Kier molecular flexibility index (Phi) is 7.40. The van der Waals surface area contributed by atoms with Crippen molar-refractivity contribution < 1.29 is 18.3 Å². The van der Waals surface area contributed by atoms with Crippen LogP contribution in [0.1, 0.15) is 19.4 Å². The first-order valence-electron chi connectivity index (χ1n) is 10.4. The van der Waals surface area contributed by atoms with E-state index in [9.17, 15) is 4.79 Å². The molecule has 0 saturated heterocycles. The minimum Gasteiger partial charge on any atom is -0.495 e. The van der Waals surface area contributed by atoms with Crippen LogP contribution in [0.15, 0.2) is 61.6 Å². The van der Waals surface area contributed by atoms with Crippen molar-refractivity contribution in [3.63, 3.8) is 0 Å². The summed E-state index contributed by atoms with van der Waals surface area (Å²) in [5, 5.41) is 5.63. The maximum atomic E-state index is 15.1. The van der Waals surface area contributed by atoms with Crippen LogP contribution in [0.4, 0.5) is 37.6 Å². The zero-order valence-corrected chi connectivity index (χ0v) is 19.3. The minimum atomic E-state index is -3.19. The molecule has 0 aliphatic rings. The molecule has 10 heteroatoms. The van der Waals surface area contributed by atoms with Crippen LogP contribution in [-0.4, -0.2) is 35.0 Å². The number of nitrogens with one attached hydrogen (secondary N) is 2. The van der Waals surface area contributed by atoms with Crippen LogP contribution in [0.2, 0.25) is 0 Å². The van der Waals surface area contributed by atoms with E-state index >= 15 is 8.78 Å². The fraction of sp³-hybridized carbons (Fsp3) is 0.250. The SMILES string of the molecule is C=CC(=O)Nc1cccc(N(C)c2nc(Nc3cncc(OC)c3)ncc2C(F)(F)C(C)C)c1. The smallest absolute Gasteiger partial charge is 0.280 e. The molecule has 0 fully saturated rings. The molecular formula is C24H26F2N6O2. The lowest BCUT2D eigenvalue weighted by Gasteiger charge is -2.27. The third kappa shape index (κ3) is 5.45. The average molecular weight is 469 g/mol. The lowest BCUT2D eigenvalue weighted by Crippen LogP contribution is -2.26. The van der Waals surface area contributed by atoms with Gasteiger partial charge in [-0.05, 0) is 24.3 Å². The van der Waals surface area contributed by atoms with Gasteiger partial charge in [0.1, 0.15) is 11.6 Å². The van der Waals surface area contributed by atoms with E-state index in [4.69, 9.17) is 4.74 Å². The van der Waals surface area contributed by atoms with E-state index in [0.717, 1.165) is 12.3 Å². The number of amides is 1. The lowest BCUT2D eigenvalue weighted by molar-refractivity contribution is -0.111. The average Bonchev–Trinajstić information content (AvgIpc) is 2.83. The number of anilines is 5. The van der Waals surface area contributed by atoms with Crippen LogP contribution in [-0.2, 0) is 10.7 Å². The molecule has 2 aromatic heterocycles. The van der Waals surface area contributed by atoms with Crippen molar-refractivity contribution in [2.24, 2.45) is 5.92 Å². The van der Waals surface area contributed by atoms with Crippen LogP contribution in [0.5, 0.6) is 5.75 Å². The van der Waals surface area contributed by atoms with Crippen molar-refractivity contribution in [1.82, 2.24) is 15.0 Å². The van der Waals surface area contributed by atoms with E-state index in [2.05, 4.69) is 32.2 Å². The second-order valence-corrected chi connectivity index (χ2v) is 7.75. The lowest BCUT2D eigenvalue weighted by atomic mass is 9.99. The number of alkyl halides is 2. The van der Waals surface area contributed by atoms with E-state index in [1.54, 1.807) is 37.4 Å². The molecule has 2 N–H and O–H groups in total. The van der Waals surface area contributed by atoms with E-state index in [-0.39, 0.29) is 23.2 Å². The summed E-state index contributed by atoms with van der Waals surface area (Å²) >= 11 is 0. The Hall–Kier alpha value is -4.08. The number of methoxy groups -OCH3 is 1. The fourth-order valence-corrected chi connectivity index (χ4v) is 3.07. The van der Waals surface area contributed by atoms with Gasteiger partial charge in [-0.15, -0.1) is 0 Å². The molecule has 1 aromatic carbocycles. The molecule has 0 radical (unpaired) electrons. The number of carbonyl (C=O) groups excluding carboxylic acids is 1. The standard InChI is InChI=1S/C24H26F2N6O2/c1-6-21(33)29-16-8-7-9-18(10-16)32(4)22-20(24(25,26)15(2)3)14-28-23(31-22)30-17-11-19(34-5)13-27-12-17/h6-15H,1H2,2-5H3,(H,29,33)(H,28,30,31). The Morgan fingerprint density at radius 2 is 1.97 bits per heavy atom. The van der Waals surface area contributed by atoms with Crippen LogP contribution < -0.4 is 20.3 Å². The molecule has 34 heavy (non-hydrogen) atoms. The highest BCUT2D eigenvalue weighted by molar-refractivity contribution is 5.99. The van der Waals surface area contributed by atoms with E-state index in [0.29, 0.717) is 22.8 Å². The molecule has 0 spiro atoms. The maximum absolute atomic E-state index is 15.1. The van der Waals surface area contributed by atoms with Gasteiger partial charge in [-0.3, -0.25) is 9.78 Å². The number of pyridine rings is 1. The summed E-state index contributed by atoms with van der Waals surface area (Å²) in [5.74, 6) is -3.91. The van der Waals surface area contributed by atoms with E-state index in [1.165, 1.54) is 38.3 Å². The summed E-state index contributed by atoms with van der Waals surface area (Å²) in [6, 6.07) is 8.45. The van der Waals surface area contributed by atoms with Crippen LogP contribution in [0.3, 0.4) is 0 Å². The number of nitrogens with zero attached hydrogens (tertiary/aromatic N) is 4. The highest BCUT2D eigenvalue weighted by atomic mass is 19.3. The number of carbonyl (C=O) groups is 1. The number of ether oxygens (including phenoxy) is 1. The third-order valence-corrected chi connectivity index (χ3v) is 5.06. The monoisotopic (exact) mass is 468 g/mol. The minimum absolute atomic E-state index is 0.0132. The van der Waals surface area contributed by atoms with E-state index < -0.39 is 11.8 Å². The fourth-order valence-electron chi connectivity index (χ4n) is 3.07. The summed E-state index contributed by atoms with van der Waals surface area (Å²) in [6.07, 6.45) is 5.35. The predicted octanol–water partition coefficient (Wildman–Crippen LogP) is 5.26. The zero-order valence-electron chi connectivity index (χ0n) is 19.3. The number of hydrogen-bond donors (Lipinski definition) is 2. The van der Waals surface area contributed by atoms with Crippen LogP contribution in [0.25, 0.3) is 0 Å². The van der Waals surface area contributed by atoms with Crippen molar-refractivity contribution in [1.29, 1.82) is 0 Å². The Balaban J connectivity index is 2.05. The molecule has 3 rings (SSSR count). The van der Waals surface area contributed by atoms with Gasteiger partial charge >= 0.3 is 0 Å². The Labute approximate surface area is 196 Å². The number of hydrogen-bond acceptors (Lipinski definition) is 7. The zero-order chi connectivity index (χ0) is 24.9. The maximum Gasteiger partial charge on any atom is 0.280 e. The second-order valence-electron chi connectivity index (χ2n) is 7.75. The highest BCUT2D eigenvalue weighted by Crippen LogP contribution is 2.41. The number of aromatic nitrogens is 3. The van der Waals surface area contributed by atoms with Crippen molar-refractivity contribution >= 4 is 34.7 Å². The molecule has 0 saturated carbocycles. The first-order valence-corrected chi connectivity index (χ1v) is 10.4. The van der Waals surface area contributed by atoms with Gasteiger partial charge in [0.05, 0.1) is 30.8 Å². The number of rotatable bonds is 9. The van der Waals surface area contributed by atoms with Gasteiger partial charge in [-0.2, -0.15) is 4.98 Å². The third-order valence-electron chi connectivity index (χ3n) is 5.06. The topological polar surface area (TPSA) is 92.3 Å². The van der Waals surface area contributed by atoms with Gasteiger partial charge in [-0.1, -0.05) is 26.5 Å². The van der Waals surface area contributed by atoms with Crippen LogP contribution in [0, 0.1) is 5.92 Å². The molecule has 0 atom stereocenters. The first kappa shape index (κ1) is 24.6. The molecule has 0 aliphatic heterocycles. The summed E-state index contributed by atoms with van der Waals surface area (Å²) < 4.78 is 35.5. The largest absolute Gasteiger partial charge is 0.495 e. The first-order chi connectivity index (χ1) is 16.1. The molecular weight excluding hydrogens is 442 g/mol. The Morgan fingerprint density at radius 3 is 2.65 bits per heavy atom.